The van der Waals surface area contributed by atoms with Gasteiger partial charge in [-0.05, 0) is 30.7 Å². The highest BCUT2D eigenvalue weighted by Gasteiger charge is 2.41. The van der Waals surface area contributed by atoms with Crippen LogP contribution in [0.4, 0.5) is 4.39 Å². The van der Waals surface area contributed by atoms with Crippen LogP contribution in [-0.2, 0) is 14.6 Å². The van der Waals surface area contributed by atoms with Crippen molar-refractivity contribution in [1.29, 1.82) is 0 Å². The van der Waals surface area contributed by atoms with Gasteiger partial charge in [0.15, 0.2) is 15.6 Å². The van der Waals surface area contributed by atoms with Gasteiger partial charge in [0.2, 0.25) is 0 Å². The summed E-state index contributed by atoms with van der Waals surface area (Å²) in [4.78, 5) is 16.2. The van der Waals surface area contributed by atoms with Crippen molar-refractivity contribution in [2.45, 2.75) is 11.7 Å². The number of hydroxylamine groups is 1. The zero-order chi connectivity index (χ0) is 12.5. The first-order valence-corrected chi connectivity index (χ1v) is 6.64. The van der Waals surface area contributed by atoms with E-state index in [1.807, 2.05) is 5.48 Å². The van der Waals surface area contributed by atoms with Crippen LogP contribution in [0.15, 0.2) is 24.3 Å². The molecule has 1 amide bonds. The monoisotopic (exact) mass is 259 g/mol. The van der Waals surface area contributed by atoms with Gasteiger partial charge < -0.3 is 4.84 Å². The molecule has 0 saturated carbocycles. The molecule has 7 heteroatoms. The Hall–Kier alpha value is -1.63. The summed E-state index contributed by atoms with van der Waals surface area (Å²) in [6, 6.07) is 4.99. The molecular formula is C10H10FNO4S. The third-order valence-corrected chi connectivity index (χ3v) is 4.60. The van der Waals surface area contributed by atoms with Crippen molar-refractivity contribution in [2.24, 2.45) is 0 Å². The molecule has 1 fully saturated rings. The highest BCUT2D eigenvalue weighted by atomic mass is 32.2. The Morgan fingerprint density at radius 3 is 2.47 bits per heavy atom. The predicted octanol–water partition coefficient (Wildman–Crippen LogP) is 0.423. The van der Waals surface area contributed by atoms with E-state index in [1.165, 1.54) is 24.3 Å². The molecule has 1 aliphatic rings. The van der Waals surface area contributed by atoms with E-state index >= 15 is 0 Å². The van der Waals surface area contributed by atoms with Crippen LogP contribution in [0.5, 0.6) is 5.75 Å². The van der Waals surface area contributed by atoms with Crippen molar-refractivity contribution >= 4 is 15.7 Å². The molecule has 1 aromatic carbocycles. The van der Waals surface area contributed by atoms with Gasteiger partial charge in [0.1, 0.15) is 11.1 Å². The van der Waals surface area contributed by atoms with Crippen LogP contribution in [0.25, 0.3) is 0 Å². The Morgan fingerprint density at radius 1 is 1.35 bits per heavy atom. The topological polar surface area (TPSA) is 72.5 Å². The second kappa shape index (κ2) is 4.33. The molecule has 92 valence electrons. The van der Waals surface area contributed by atoms with Crippen molar-refractivity contribution in [3.8, 4) is 5.75 Å². The standard InChI is InChI=1S/C10H10FNO4S/c11-7-1-3-8(4-2-7)16-12-10(13)9-5-6-17(9,14)15/h1-4,9H,5-6H2,(H,12,13). The number of halogens is 1. The highest BCUT2D eigenvalue weighted by molar-refractivity contribution is 7.94. The van der Waals surface area contributed by atoms with E-state index in [-0.39, 0.29) is 11.5 Å². The Kier molecular flexibility index (Phi) is 3.01. The van der Waals surface area contributed by atoms with Crippen LogP contribution in [0.3, 0.4) is 0 Å². The zero-order valence-corrected chi connectivity index (χ0v) is 9.54. The minimum Gasteiger partial charge on any atom is -0.380 e. The number of hydrogen-bond acceptors (Lipinski definition) is 4. The molecule has 1 heterocycles. The maximum atomic E-state index is 12.6. The minimum atomic E-state index is -3.28. The Labute approximate surface area is 97.5 Å². The van der Waals surface area contributed by atoms with Gasteiger partial charge in [-0.15, -0.1) is 0 Å². The van der Waals surface area contributed by atoms with Crippen LogP contribution < -0.4 is 10.3 Å². The number of benzene rings is 1. The summed E-state index contributed by atoms with van der Waals surface area (Å²) in [5.41, 5.74) is 2.04. The van der Waals surface area contributed by atoms with E-state index in [0.29, 0.717) is 6.42 Å². The number of carbonyl (C=O) groups is 1. The van der Waals surface area contributed by atoms with Crippen molar-refractivity contribution in [3.63, 3.8) is 0 Å². The molecule has 0 aliphatic carbocycles. The summed E-state index contributed by atoms with van der Waals surface area (Å²) in [5, 5.41) is -1.03. The SMILES string of the molecule is O=C(NOc1ccc(F)cc1)C1CCS1(=O)=O. The highest BCUT2D eigenvalue weighted by Crippen LogP contribution is 2.20. The molecule has 17 heavy (non-hydrogen) atoms. The molecule has 0 spiro atoms. The van der Waals surface area contributed by atoms with Crippen LogP contribution in [-0.4, -0.2) is 25.3 Å². The fourth-order valence-electron chi connectivity index (χ4n) is 1.40. The number of nitrogens with one attached hydrogen (secondary N) is 1. The summed E-state index contributed by atoms with van der Waals surface area (Å²) in [5.74, 6) is -0.857. The number of carbonyl (C=O) groups excluding carboxylic acids is 1. The summed E-state index contributed by atoms with van der Waals surface area (Å²) >= 11 is 0. The van der Waals surface area contributed by atoms with E-state index in [4.69, 9.17) is 4.84 Å². The number of hydrogen-bond donors (Lipinski definition) is 1. The van der Waals surface area contributed by atoms with Gasteiger partial charge >= 0.3 is 0 Å². The first-order chi connectivity index (χ1) is 7.99. The average molecular weight is 259 g/mol. The van der Waals surface area contributed by atoms with Gasteiger partial charge in [-0.3, -0.25) is 4.79 Å². The lowest BCUT2D eigenvalue weighted by molar-refractivity contribution is -0.127. The number of rotatable bonds is 3. The fraction of sp³-hybridized carbons (Fsp3) is 0.300. The molecule has 1 atom stereocenters. The second-order valence-corrected chi connectivity index (χ2v) is 5.97. The third kappa shape index (κ3) is 2.55. The lowest BCUT2D eigenvalue weighted by atomic mass is 10.3. The molecule has 0 radical (unpaired) electrons. The van der Waals surface area contributed by atoms with E-state index in [1.54, 1.807) is 0 Å². The van der Waals surface area contributed by atoms with Gasteiger partial charge in [0.05, 0.1) is 5.75 Å². The van der Waals surface area contributed by atoms with Crippen molar-refractivity contribution < 1.29 is 22.4 Å². The first kappa shape index (κ1) is 11.8. The maximum absolute atomic E-state index is 12.6. The maximum Gasteiger partial charge on any atom is 0.270 e. The van der Waals surface area contributed by atoms with Gasteiger partial charge in [-0.1, -0.05) is 0 Å². The van der Waals surface area contributed by atoms with Gasteiger partial charge in [-0.2, -0.15) is 5.48 Å². The normalized spacial score (nSPS) is 21.4. The predicted molar refractivity (Wildman–Crippen MR) is 57.4 cm³/mol. The van der Waals surface area contributed by atoms with Crippen molar-refractivity contribution in [1.82, 2.24) is 5.48 Å². The molecule has 0 bridgehead atoms. The molecule has 5 nitrogen and oxygen atoms in total. The van der Waals surface area contributed by atoms with Gasteiger partial charge in [0.25, 0.3) is 5.91 Å². The average Bonchev–Trinajstić information content (AvgIpc) is 2.27. The minimum absolute atomic E-state index is 0.0294. The van der Waals surface area contributed by atoms with E-state index in [0.717, 1.165) is 0 Å². The third-order valence-electron chi connectivity index (χ3n) is 2.47. The molecule has 1 unspecified atom stereocenters. The van der Waals surface area contributed by atoms with E-state index < -0.39 is 26.8 Å². The van der Waals surface area contributed by atoms with Crippen LogP contribution in [0, 0.1) is 5.82 Å². The molecule has 1 aromatic rings. The molecule has 1 saturated heterocycles. The Bertz CT molecular complexity index is 526. The lowest BCUT2D eigenvalue weighted by Gasteiger charge is -2.24. The Balaban J connectivity index is 1.91. The largest absolute Gasteiger partial charge is 0.380 e. The lowest BCUT2D eigenvalue weighted by Crippen LogP contribution is -2.49. The number of sulfone groups is 1. The molecule has 1 N–H and O–H groups in total. The summed E-state index contributed by atoms with van der Waals surface area (Å²) in [6.07, 6.45) is 0.306. The zero-order valence-electron chi connectivity index (χ0n) is 8.72. The quantitative estimate of drug-likeness (QED) is 0.799. The summed E-state index contributed by atoms with van der Waals surface area (Å²) in [7, 11) is -3.28. The first-order valence-electron chi connectivity index (χ1n) is 4.93. The molecular weight excluding hydrogens is 249 g/mol. The second-order valence-electron chi connectivity index (χ2n) is 3.67. The van der Waals surface area contributed by atoms with E-state index in [2.05, 4.69) is 0 Å². The van der Waals surface area contributed by atoms with Crippen LogP contribution in [0.1, 0.15) is 6.42 Å². The van der Waals surface area contributed by atoms with Crippen LogP contribution >= 0.6 is 0 Å². The Morgan fingerprint density at radius 2 is 2.00 bits per heavy atom. The van der Waals surface area contributed by atoms with E-state index in [9.17, 15) is 17.6 Å². The smallest absolute Gasteiger partial charge is 0.270 e. The van der Waals surface area contributed by atoms with Gasteiger partial charge in [0, 0.05) is 0 Å². The van der Waals surface area contributed by atoms with Crippen LogP contribution in [0.2, 0.25) is 0 Å². The van der Waals surface area contributed by atoms with Crippen molar-refractivity contribution in [2.75, 3.05) is 5.75 Å². The summed E-state index contributed by atoms with van der Waals surface area (Å²) in [6.45, 7) is 0. The van der Waals surface area contributed by atoms with Gasteiger partial charge in [-0.25, -0.2) is 12.8 Å². The molecule has 1 aliphatic heterocycles. The fourth-order valence-corrected chi connectivity index (χ4v) is 2.63. The summed E-state index contributed by atoms with van der Waals surface area (Å²) < 4.78 is 34.9. The van der Waals surface area contributed by atoms with Crippen molar-refractivity contribution in [3.05, 3.63) is 30.1 Å². The number of amides is 1. The molecule has 0 aromatic heterocycles. The molecule has 2 rings (SSSR count).